The van der Waals surface area contributed by atoms with Crippen molar-refractivity contribution in [1.29, 1.82) is 0 Å². The molecule has 3 aromatic rings. The number of fused-ring (bicyclic) bond motifs is 1. The van der Waals surface area contributed by atoms with Gasteiger partial charge in [0.15, 0.2) is 11.5 Å². The fourth-order valence-corrected chi connectivity index (χ4v) is 5.11. The molecule has 1 aliphatic heterocycles. The highest BCUT2D eigenvalue weighted by molar-refractivity contribution is 5.92. The number of amides is 2. The normalized spacial score (nSPS) is 17.6. The molecule has 9 nitrogen and oxygen atoms in total. The summed E-state index contributed by atoms with van der Waals surface area (Å²) < 4.78 is 22.3. The van der Waals surface area contributed by atoms with E-state index < -0.39 is 24.0 Å². The summed E-state index contributed by atoms with van der Waals surface area (Å²) in [5.41, 5.74) is 0.894. The van der Waals surface area contributed by atoms with Gasteiger partial charge in [-0.15, -0.1) is 0 Å². The standard InChI is InChI=1S/C30H32N2O7/c1-36-30(35)21-15-13-20(14-16-21)27(28(33)31-22-8-3-2-4-9-22)32(18-23-10-7-17-37-23)29(34)26-19-38-24-11-5-6-12-25(24)39-26/h5-7,10-17,22,26-27H,2-4,8-9,18-19H2,1H3,(H,31,33)/t26-,27-/m1/s1. The van der Waals surface area contributed by atoms with E-state index in [1.807, 2.05) is 6.07 Å². The topological polar surface area (TPSA) is 107 Å². The maximum Gasteiger partial charge on any atom is 0.337 e. The molecule has 204 valence electrons. The fraction of sp³-hybridized carbons (Fsp3) is 0.367. The Balaban J connectivity index is 1.49. The number of nitrogens with one attached hydrogen (secondary N) is 1. The summed E-state index contributed by atoms with van der Waals surface area (Å²) in [5, 5.41) is 3.17. The number of benzene rings is 2. The van der Waals surface area contributed by atoms with E-state index in [1.54, 1.807) is 54.6 Å². The number of hydrogen-bond donors (Lipinski definition) is 1. The molecule has 0 unspecified atom stereocenters. The van der Waals surface area contributed by atoms with Gasteiger partial charge >= 0.3 is 5.97 Å². The Bertz CT molecular complexity index is 1280. The fourth-order valence-electron chi connectivity index (χ4n) is 5.11. The molecular formula is C30H32N2O7. The van der Waals surface area contributed by atoms with E-state index in [4.69, 9.17) is 18.6 Å². The summed E-state index contributed by atoms with van der Waals surface area (Å²) in [7, 11) is 1.31. The molecule has 2 aromatic carbocycles. The summed E-state index contributed by atoms with van der Waals surface area (Å²) >= 11 is 0. The molecule has 2 aliphatic rings. The van der Waals surface area contributed by atoms with Gasteiger partial charge in [-0.05, 0) is 54.8 Å². The van der Waals surface area contributed by atoms with Gasteiger partial charge in [-0.25, -0.2) is 4.79 Å². The zero-order valence-corrected chi connectivity index (χ0v) is 21.8. The van der Waals surface area contributed by atoms with Crippen LogP contribution in [0, 0.1) is 0 Å². The molecule has 1 saturated carbocycles. The number of nitrogens with zero attached hydrogens (tertiary/aromatic N) is 1. The lowest BCUT2D eigenvalue weighted by Gasteiger charge is -2.36. The third-order valence-corrected chi connectivity index (χ3v) is 7.13. The average Bonchev–Trinajstić information content (AvgIpc) is 3.50. The molecule has 1 aliphatic carbocycles. The van der Waals surface area contributed by atoms with Gasteiger partial charge in [0.05, 0.1) is 25.5 Å². The second-order valence-corrected chi connectivity index (χ2v) is 9.77. The van der Waals surface area contributed by atoms with Crippen LogP contribution in [0.3, 0.4) is 0 Å². The second kappa shape index (κ2) is 12.1. The van der Waals surface area contributed by atoms with E-state index in [9.17, 15) is 14.4 Å². The van der Waals surface area contributed by atoms with Gasteiger partial charge in [0, 0.05) is 6.04 Å². The van der Waals surface area contributed by atoms with Crippen LogP contribution in [-0.4, -0.2) is 48.5 Å². The molecule has 1 aromatic heterocycles. The molecule has 0 bridgehead atoms. The molecule has 1 N–H and O–H groups in total. The molecule has 39 heavy (non-hydrogen) atoms. The Labute approximate surface area is 227 Å². The van der Waals surface area contributed by atoms with Crippen LogP contribution in [-0.2, 0) is 20.9 Å². The van der Waals surface area contributed by atoms with Gasteiger partial charge < -0.3 is 28.8 Å². The molecule has 0 saturated heterocycles. The number of carbonyl (C=O) groups excluding carboxylic acids is 3. The summed E-state index contributed by atoms with van der Waals surface area (Å²) in [5.74, 6) is 0.336. The monoisotopic (exact) mass is 532 g/mol. The van der Waals surface area contributed by atoms with Crippen molar-refractivity contribution in [2.45, 2.75) is 56.8 Å². The average molecular weight is 533 g/mol. The van der Waals surface area contributed by atoms with Gasteiger partial charge in [-0.1, -0.05) is 43.5 Å². The van der Waals surface area contributed by atoms with Crippen LogP contribution in [0.25, 0.3) is 0 Å². The Morgan fingerprint density at radius 3 is 2.41 bits per heavy atom. The molecule has 2 atom stereocenters. The minimum absolute atomic E-state index is 0.00272. The Kier molecular flexibility index (Phi) is 8.15. The van der Waals surface area contributed by atoms with Crippen molar-refractivity contribution in [3.63, 3.8) is 0 Å². The zero-order chi connectivity index (χ0) is 27.2. The third-order valence-electron chi connectivity index (χ3n) is 7.13. The van der Waals surface area contributed by atoms with Gasteiger partial charge in [0.25, 0.3) is 5.91 Å². The Hall–Kier alpha value is -4.27. The van der Waals surface area contributed by atoms with Gasteiger partial charge in [0.2, 0.25) is 12.0 Å². The predicted molar refractivity (Wildman–Crippen MR) is 141 cm³/mol. The Morgan fingerprint density at radius 1 is 0.974 bits per heavy atom. The van der Waals surface area contributed by atoms with Gasteiger partial charge in [0.1, 0.15) is 18.4 Å². The van der Waals surface area contributed by atoms with E-state index in [2.05, 4.69) is 5.32 Å². The summed E-state index contributed by atoms with van der Waals surface area (Å²) in [6.45, 7) is 0.0393. The largest absolute Gasteiger partial charge is 0.485 e. The second-order valence-electron chi connectivity index (χ2n) is 9.77. The highest BCUT2D eigenvalue weighted by Crippen LogP contribution is 2.33. The molecule has 0 spiro atoms. The molecule has 9 heteroatoms. The van der Waals surface area contributed by atoms with Crippen molar-refractivity contribution >= 4 is 17.8 Å². The van der Waals surface area contributed by atoms with E-state index >= 15 is 0 Å². The van der Waals surface area contributed by atoms with Crippen molar-refractivity contribution in [2.75, 3.05) is 13.7 Å². The first kappa shape index (κ1) is 26.3. The molecule has 0 radical (unpaired) electrons. The van der Waals surface area contributed by atoms with E-state index in [-0.39, 0.29) is 25.1 Å². The van der Waals surface area contributed by atoms with Crippen molar-refractivity contribution in [1.82, 2.24) is 10.2 Å². The maximum atomic E-state index is 14.1. The minimum Gasteiger partial charge on any atom is -0.485 e. The molecular weight excluding hydrogens is 500 g/mol. The van der Waals surface area contributed by atoms with Crippen molar-refractivity contribution < 1.29 is 33.0 Å². The van der Waals surface area contributed by atoms with Crippen LogP contribution in [0.15, 0.2) is 71.3 Å². The van der Waals surface area contributed by atoms with Crippen molar-refractivity contribution in [3.05, 3.63) is 83.8 Å². The highest BCUT2D eigenvalue weighted by Gasteiger charge is 2.39. The lowest BCUT2D eigenvalue weighted by atomic mass is 9.94. The number of carbonyl (C=O) groups is 3. The van der Waals surface area contributed by atoms with Crippen molar-refractivity contribution in [2.24, 2.45) is 0 Å². The molecule has 2 heterocycles. The molecule has 1 fully saturated rings. The van der Waals surface area contributed by atoms with Crippen LogP contribution in [0.2, 0.25) is 0 Å². The lowest BCUT2D eigenvalue weighted by Crippen LogP contribution is -2.52. The van der Waals surface area contributed by atoms with Gasteiger partial charge in [-0.3, -0.25) is 9.59 Å². The SMILES string of the molecule is COC(=O)c1ccc([C@H](C(=O)NC2CCCCC2)N(Cc2ccco2)C(=O)[C@H]2COc3ccccc3O2)cc1. The van der Waals surface area contributed by atoms with Crippen LogP contribution >= 0.6 is 0 Å². The number of rotatable bonds is 8. The Morgan fingerprint density at radius 2 is 1.72 bits per heavy atom. The summed E-state index contributed by atoms with van der Waals surface area (Å²) in [4.78, 5) is 41.5. The van der Waals surface area contributed by atoms with Crippen LogP contribution in [0.1, 0.15) is 59.8 Å². The summed E-state index contributed by atoms with van der Waals surface area (Å²) in [6, 6.07) is 16.2. The van der Waals surface area contributed by atoms with E-state index in [1.165, 1.54) is 18.3 Å². The summed E-state index contributed by atoms with van der Waals surface area (Å²) in [6.07, 6.45) is 5.58. The number of methoxy groups -OCH3 is 1. The predicted octanol–water partition coefficient (Wildman–Crippen LogP) is 4.43. The van der Waals surface area contributed by atoms with Crippen LogP contribution in [0.5, 0.6) is 11.5 Å². The van der Waals surface area contributed by atoms with E-state index in [0.29, 0.717) is 28.4 Å². The lowest BCUT2D eigenvalue weighted by molar-refractivity contribution is -0.149. The minimum atomic E-state index is -1.00. The first-order valence-corrected chi connectivity index (χ1v) is 13.2. The quantitative estimate of drug-likeness (QED) is 0.428. The number of hydrogen-bond acceptors (Lipinski definition) is 7. The maximum absolute atomic E-state index is 14.1. The smallest absolute Gasteiger partial charge is 0.337 e. The number of furan rings is 1. The number of para-hydroxylation sites is 2. The highest BCUT2D eigenvalue weighted by atomic mass is 16.6. The molecule has 2 amide bonds. The first-order valence-electron chi connectivity index (χ1n) is 13.2. The third kappa shape index (κ3) is 6.08. The van der Waals surface area contributed by atoms with Crippen LogP contribution < -0.4 is 14.8 Å². The molecule has 5 rings (SSSR count). The van der Waals surface area contributed by atoms with E-state index in [0.717, 1.165) is 32.1 Å². The van der Waals surface area contributed by atoms with Gasteiger partial charge in [-0.2, -0.15) is 0 Å². The first-order chi connectivity index (χ1) is 19.0. The number of esters is 1. The number of ether oxygens (including phenoxy) is 3. The van der Waals surface area contributed by atoms with Crippen molar-refractivity contribution in [3.8, 4) is 11.5 Å². The zero-order valence-electron chi connectivity index (χ0n) is 21.8. The van der Waals surface area contributed by atoms with Crippen LogP contribution in [0.4, 0.5) is 0 Å².